The van der Waals surface area contributed by atoms with Gasteiger partial charge in [0.25, 0.3) is 0 Å². The molecule has 0 amide bonds. The zero-order valence-electron chi connectivity index (χ0n) is 9.31. The van der Waals surface area contributed by atoms with E-state index in [-0.39, 0.29) is 7.43 Å². The minimum Gasteiger partial charge on any atom is -0.331 e. The molecule has 0 saturated carbocycles. The summed E-state index contributed by atoms with van der Waals surface area (Å²) >= 11 is 0. The van der Waals surface area contributed by atoms with Crippen LogP contribution in [0, 0.1) is 0 Å². The summed E-state index contributed by atoms with van der Waals surface area (Å²) in [5.41, 5.74) is 0. The van der Waals surface area contributed by atoms with Gasteiger partial charge in [-0.15, -0.1) is 0 Å². The number of nitrogens with zero attached hydrogens (tertiary/aromatic N) is 2. The molecule has 0 rings (SSSR count). The second-order valence-electron chi connectivity index (χ2n) is 4.00. The third kappa shape index (κ3) is 32.6. The first-order valence-corrected chi connectivity index (χ1v) is 4.28. The molecule has 0 aromatic heterocycles. The summed E-state index contributed by atoms with van der Waals surface area (Å²) in [6.07, 6.45) is 0. The van der Waals surface area contributed by atoms with Gasteiger partial charge in [-0.3, -0.25) is 0 Å². The Morgan fingerprint density at radius 2 is 1.17 bits per heavy atom. The molecule has 0 saturated heterocycles. The third-order valence-electron chi connectivity index (χ3n) is 1.58. The van der Waals surface area contributed by atoms with E-state index in [1.165, 1.54) is 6.54 Å². The third-order valence-corrected chi connectivity index (χ3v) is 1.58. The van der Waals surface area contributed by atoms with Crippen molar-refractivity contribution in [2.75, 3.05) is 48.3 Å². The maximum atomic E-state index is 2.18. The lowest BCUT2D eigenvalue weighted by Gasteiger charge is -2.20. The zero-order chi connectivity index (χ0) is 9.49. The van der Waals surface area contributed by atoms with Gasteiger partial charge in [0, 0.05) is 0 Å². The summed E-state index contributed by atoms with van der Waals surface area (Å²) in [5, 5.41) is 0. The monoisotopic (exact) mass is 177 g/mol. The fourth-order valence-electron chi connectivity index (χ4n) is 0. The molecule has 0 spiro atoms. The summed E-state index contributed by atoms with van der Waals surface area (Å²) in [5.74, 6) is 0. The van der Waals surface area contributed by atoms with E-state index in [1.54, 1.807) is 0 Å². The van der Waals surface area contributed by atoms with Crippen molar-refractivity contribution < 1.29 is 4.48 Å². The van der Waals surface area contributed by atoms with Crippen LogP contribution in [0.4, 0.5) is 0 Å². The highest BCUT2D eigenvalue weighted by atomic mass is 15.3. The first-order chi connectivity index (χ1) is 4.83. The maximum Gasteiger partial charge on any atom is 0.0751 e. The van der Waals surface area contributed by atoms with Crippen molar-refractivity contribution in [1.82, 2.24) is 4.90 Å². The maximum absolute atomic E-state index is 2.18. The fraction of sp³-hybridized carbons (Fsp3) is 1.00. The van der Waals surface area contributed by atoms with E-state index in [0.717, 1.165) is 11.0 Å². The van der Waals surface area contributed by atoms with Crippen molar-refractivity contribution in [2.24, 2.45) is 0 Å². The number of hydrogen-bond donors (Lipinski definition) is 0. The van der Waals surface area contributed by atoms with Crippen molar-refractivity contribution in [2.45, 2.75) is 21.3 Å². The average Bonchev–Trinajstić information content (AvgIpc) is 1.88. The molecule has 0 N–H and O–H groups in total. The Morgan fingerprint density at radius 1 is 1.00 bits per heavy atom. The van der Waals surface area contributed by atoms with E-state index in [9.17, 15) is 0 Å². The van der Waals surface area contributed by atoms with Crippen LogP contribution >= 0.6 is 0 Å². The molecule has 0 aromatic rings. The van der Waals surface area contributed by atoms with Crippen LogP contribution in [0.5, 0.6) is 0 Å². The molecule has 0 aliphatic carbocycles. The Balaban J connectivity index is -0.000000126. The number of hydrogen-bond acceptors (Lipinski definition) is 1. The van der Waals surface area contributed by atoms with Crippen LogP contribution < -0.4 is 0 Å². The SMILES string of the molecule is C.CCN(C)C.CC[N+](C)(C)C. The molecule has 0 atom stereocenters. The van der Waals surface area contributed by atoms with Crippen LogP contribution in [-0.2, 0) is 0 Å². The highest BCUT2D eigenvalue weighted by molar-refractivity contribution is 4.25. The molecule has 0 aliphatic rings. The standard InChI is InChI=1S/C5H14N.C4H11N.CH4/c1-5-6(2,3)4;1-4-5(2)3;/h5H2,1-4H3;4H2,1-3H3;1H4/q+1;;. The largest absolute Gasteiger partial charge is 0.331 e. The van der Waals surface area contributed by atoms with E-state index in [4.69, 9.17) is 0 Å². The summed E-state index contributed by atoms with van der Waals surface area (Å²) in [4.78, 5) is 2.12. The predicted octanol–water partition coefficient (Wildman–Crippen LogP) is 1.92. The van der Waals surface area contributed by atoms with Crippen LogP contribution in [0.2, 0.25) is 0 Å². The second-order valence-corrected chi connectivity index (χ2v) is 4.00. The first kappa shape index (κ1) is 17.9. The van der Waals surface area contributed by atoms with Crippen molar-refractivity contribution in [3.8, 4) is 0 Å². The van der Waals surface area contributed by atoms with Gasteiger partial charge < -0.3 is 9.38 Å². The minimum absolute atomic E-state index is 0. The van der Waals surface area contributed by atoms with Crippen LogP contribution in [0.3, 0.4) is 0 Å². The summed E-state index contributed by atoms with van der Waals surface area (Å²) in [6, 6.07) is 0. The molecule has 2 nitrogen and oxygen atoms in total. The highest BCUT2D eigenvalue weighted by Crippen LogP contribution is 1.83. The molecule has 0 aromatic carbocycles. The van der Waals surface area contributed by atoms with Gasteiger partial charge in [-0.25, -0.2) is 0 Å². The number of quaternary nitrogens is 1. The second kappa shape index (κ2) is 9.01. The lowest BCUT2D eigenvalue weighted by molar-refractivity contribution is -0.868. The van der Waals surface area contributed by atoms with Gasteiger partial charge in [-0.2, -0.15) is 0 Å². The normalized spacial score (nSPS) is 10.0. The Kier molecular flexibility index (Phi) is 13.4. The van der Waals surface area contributed by atoms with Crippen LogP contribution in [0.25, 0.3) is 0 Å². The van der Waals surface area contributed by atoms with Crippen molar-refractivity contribution in [3.05, 3.63) is 0 Å². The van der Waals surface area contributed by atoms with Gasteiger partial charge in [0.2, 0.25) is 0 Å². The van der Waals surface area contributed by atoms with Gasteiger partial charge in [0.15, 0.2) is 0 Å². The average molecular weight is 177 g/mol. The van der Waals surface area contributed by atoms with Crippen molar-refractivity contribution in [3.63, 3.8) is 0 Å². The smallest absolute Gasteiger partial charge is 0.0751 e. The van der Waals surface area contributed by atoms with E-state index in [2.05, 4.69) is 54.0 Å². The van der Waals surface area contributed by atoms with Gasteiger partial charge in [0.1, 0.15) is 0 Å². The molecule has 0 heterocycles. The van der Waals surface area contributed by atoms with Gasteiger partial charge in [0.05, 0.1) is 27.7 Å². The molecule has 12 heavy (non-hydrogen) atoms. The molecular weight excluding hydrogens is 148 g/mol. The molecule has 0 bridgehead atoms. The molecule has 78 valence electrons. The Bertz CT molecular complexity index is 72.4. The van der Waals surface area contributed by atoms with Crippen molar-refractivity contribution >= 4 is 0 Å². The zero-order valence-corrected chi connectivity index (χ0v) is 9.31. The van der Waals surface area contributed by atoms with Gasteiger partial charge in [-0.1, -0.05) is 14.4 Å². The Labute approximate surface area is 79.8 Å². The minimum atomic E-state index is 0. The van der Waals surface area contributed by atoms with E-state index >= 15 is 0 Å². The molecule has 0 unspecified atom stereocenters. The number of rotatable bonds is 2. The quantitative estimate of drug-likeness (QED) is 0.583. The first-order valence-electron chi connectivity index (χ1n) is 4.28. The molecule has 0 radical (unpaired) electrons. The lowest BCUT2D eigenvalue weighted by Crippen LogP contribution is -2.33. The molecule has 0 aliphatic heterocycles. The Morgan fingerprint density at radius 3 is 1.17 bits per heavy atom. The summed E-state index contributed by atoms with van der Waals surface area (Å²) < 4.78 is 1.07. The highest BCUT2D eigenvalue weighted by Gasteiger charge is 1.97. The van der Waals surface area contributed by atoms with E-state index < -0.39 is 0 Å². The predicted molar refractivity (Wildman–Crippen MR) is 59.5 cm³/mol. The van der Waals surface area contributed by atoms with Crippen LogP contribution in [0.1, 0.15) is 21.3 Å². The molecule has 0 fully saturated rings. The fourth-order valence-corrected chi connectivity index (χ4v) is 0. The molecule has 2 heteroatoms. The van der Waals surface area contributed by atoms with Crippen LogP contribution in [0.15, 0.2) is 0 Å². The van der Waals surface area contributed by atoms with Gasteiger partial charge in [-0.05, 0) is 27.6 Å². The van der Waals surface area contributed by atoms with Crippen LogP contribution in [-0.4, -0.2) is 57.7 Å². The topological polar surface area (TPSA) is 3.24 Å². The molecular formula is C10H29N2+. The van der Waals surface area contributed by atoms with E-state index in [0.29, 0.717) is 0 Å². The summed E-state index contributed by atoms with van der Waals surface area (Å²) in [7, 11) is 10.7. The van der Waals surface area contributed by atoms with Gasteiger partial charge >= 0.3 is 0 Å². The summed E-state index contributed by atoms with van der Waals surface area (Å²) in [6.45, 7) is 6.65. The Hall–Kier alpha value is -0.0800. The lowest BCUT2D eigenvalue weighted by atomic mass is 10.6. The van der Waals surface area contributed by atoms with E-state index in [1.807, 2.05) is 0 Å². The van der Waals surface area contributed by atoms with Crippen molar-refractivity contribution in [1.29, 1.82) is 0 Å².